The molecule has 1 amide bonds. The van der Waals surface area contributed by atoms with Gasteiger partial charge in [0.15, 0.2) is 6.10 Å². The summed E-state index contributed by atoms with van der Waals surface area (Å²) in [6.45, 7) is 1.36. The lowest BCUT2D eigenvalue weighted by Gasteiger charge is -2.21. The molecule has 1 atom stereocenters. The van der Waals surface area contributed by atoms with Crippen molar-refractivity contribution in [2.75, 3.05) is 13.1 Å². The Bertz CT molecular complexity index is 457. The monoisotopic (exact) mass is 243 g/mol. The van der Waals surface area contributed by atoms with Gasteiger partial charge in [0.1, 0.15) is 18.8 Å². The van der Waals surface area contributed by atoms with Crippen molar-refractivity contribution in [3.8, 4) is 17.9 Å². The van der Waals surface area contributed by atoms with Gasteiger partial charge < -0.3 is 9.64 Å². The fourth-order valence-electron chi connectivity index (χ4n) is 1.39. The van der Waals surface area contributed by atoms with Gasteiger partial charge in [0.25, 0.3) is 5.91 Å². The molecule has 0 spiro atoms. The van der Waals surface area contributed by atoms with Crippen molar-refractivity contribution in [2.24, 2.45) is 0 Å². The average Bonchev–Trinajstić information content (AvgIpc) is 2.39. The Morgan fingerprint density at radius 3 is 2.33 bits per heavy atom. The van der Waals surface area contributed by atoms with Crippen LogP contribution in [0.3, 0.4) is 0 Å². The molecular formula is C13H13N3O2. The Kier molecular flexibility index (Phi) is 5.21. The first-order valence-electron chi connectivity index (χ1n) is 5.43. The van der Waals surface area contributed by atoms with Crippen LogP contribution in [0.4, 0.5) is 0 Å². The topological polar surface area (TPSA) is 77.1 Å². The Balaban J connectivity index is 2.65. The predicted molar refractivity (Wildman–Crippen MR) is 64.3 cm³/mol. The number of rotatable bonds is 5. The van der Waals surface area contributed by atoms with Crippen LogP contribution in [-0.2, 0) is 4.79 Å². The Hall–Kier alpha value is -2.53. The van der Waals surface area contributed by atoms with Crippen LogP contribution in [0, 0.1) is 22.7 Å². The van der Waals surface area contributed by atoms with Gasteiger partial charge in [-0.25, -0.2) is 0 Å². The highest BCUT2D eigenvalue weighted by Gasteiger charge is 2.21. The summed E-state index contributed by atoms with van der Waals surface area (Å²) in [6.07, 6.45) is -0.728. The zero-order valence-electron chi connectivity index (χ0n) is 10.0. The fourth-order valence-corrected chi connectivity index (χ4v) is 1.39. The molecular weight excluding hydrogens is 230 g/mol. The molecule has 0 fully saturated rings. The summed E-state index contributed by atoms with van der Waals surface area (Å²) < 4.78 is 5.44. The maximum absolute atomic E-state index is 11.9. The minimum Gasteiger partial charge on any atom is -0.481 e. The molecule has 1 aromatic rings. The van der Waals surface area contributed by atoms with Crippen molar-refractivity contribution in [1.82, 2.24) is 4.90 Å². The summed E-state index contributed by atoms with van der Waals surface area (Å²) in [5, 5.41) is 17.2. The number of carbonyl (C=O) groups is 1. The van der Waals surface area contributed by atoms with E-state index < -0.39 is 6.10 Å². The van der Waals surface area contributed by atoms with Gasteiger partial charge in [-0.1, -0.05) is 18.2 Å². The summed E-state index contributed by atoms with van der Waals surface area (Å²) in [7, 11) is 0. The molecule has 0 saturated heterocycles. The van der Waals surface area contributed by atoms with Crippen molar-refractivity contribution in [3.05, 3.63) is 30.3 Å². The number of para-hydroxylation sites is 1. The highest BCUT2D eigenvalue weighted by Crippen LogP contribution is 2.11. The van der Waals surface area contributed by atoms with Crippen LogP contribution in [0.5, 0.6) is 5.75 Å². The Morgan fingerprint density at radius 2 is 1.83 bits per heavy atom. The molecule has 0 bridgehead atoms. The van der Waals surface area contributed by atoms with Crippen molar-refractivity contribution in [2.45, 2.75) is 13.0 Å². The molecule has 92 valence electrons. The summed E-state index contributed by atoms with van der Waals surface area (Å²) in [5.41, 5.74) is 0. The lowest BCUT2D eigenvalue weighted by atomic mass is 10.3. The smallest absolute Gasteiger partial charge is 0.265 e. The van der Waals surface area contributed by atoms with Crippen LogP contribution in [0.1, 0.15) is 6.92 Å². The van der Waals surface area contributed by atoms with Crippen LogP contribution in [0.2, 0.25) is 0 Å². The minimum absolute atomic E-state index is 0.116. The summed E-state index contributed by atoms with van der Waals surface area (Å²) >= 11 is 0. The number of hydrogen-bond acceptors (Lipinski definition) is 4. The quantitative estimate of drug-likeness (QED) is 0.731. The van der Waals surface area contributed by atoms with E-state index in [2.05, 4.69) is 0 Å². The highest BCUT2D eigenvalue weighted by molar-refractivity contribution is 5.81. The van der Waals surface area contributed by atoms with E-state index in [9.17, 15) is 4.79 Å². The molecule has 0 aliphatic carbocycles. The minimum atomic E-state index is -0.728. The molecule has 1 unspecified atom stereocenters. The third-order valence-corrected chi connectivity index (χ3v) is 2.24. The van der Waals surface area contributed by atoms with E-state index in [0.717, 1.165) is 4.90 Å². The van der Waals surface area contributed by atoms with Gasteiger partial charge in [-0.2, -0.15) is 10.5 Å². The van der Waals surface area contributed by atoms with E-state index in [-0.39, 0.29) is 19.0 Å². The normalized spacial score (nSPS) is 10.8. The summed E-state index contributed by atoms with van der Waals surface area (Å²) in [5.74, 6) is 0.203. The first-order valence-corrected chi connectivity index (χ1v) is 5.43. The first-order chi connectivity index (χ1) is 8.69. The zero-order valence-corrected chi connectivity index (χ0v) is 10.0. The number of nitrogens with zero attached hydrogens (tertiary/aromatic N) is 3. The van der Waals surface area contributed by atoms with E-state index >= 15 is 0 Å². The molecule has 5 nitrogen and oxygen atoms in total. The predicted octanol–water partition coefficient (Wildman–Crippen LogP) is 1.33. The standard InChI is InChI=1S/C13H13N3O2/c1-11(18-12-5-3-2-4-6-12)13(17)16(9-7-14)10-8-15/h2-6,11H,9-10H2,1H3. The molecule has 1 rings (SSSR count). The number of carbonyl (C=O) groups excluding carboxylic acids is 1. The van der Waals surface area contributed by atoms with Crippen molar-refractivity contribution in [1.29, 1.82) is 10.5 Å². The van der Waals surface area contributed by atoms with Gasteiger partial charge in [-0.3, -0.25) is 4.79 Å². The maximum atomic E-state index is 11.9. The summed E-state index contributed by atoms with van der Waals surface area (Å²) in [6, 6.07) is 12.6. The number of amides is 1. The van der Waals surface area contributed by atoms with Crippen LogP contribution in [-0.4, -0.2) is 30.0 Å². The van der Waals surface area contributed by atoms with E-state index in [4.69, 9.17) is 15.3 Å². The zero-order chi connectivity index (χ0) is 13.4. The highest BCUT2D eigenvalue weighted by atomic mass is 16.5. The van der Waals surface area contributed by atoms with E-state index in [1.807, 2.05) is 18.2 Å². The molecule has 5 heteroatoms. The Labute approximate surface area is 106 Å². The van der Waals surface area contributed by atoms with Gasteiger partial charge in [-0.05, 0) is 19.1 Å². The molecule has 0 aliphatic rings. The molecule has 1 aromatic carbocycles. The number of benzene rings is 1. The Morgan fingerprint density at radius 1 is 1.28 bits per heavy atom. The largest absolute Gasteiger partial charge is 0.481 e. The lowest BCUT2D eigenvalue weighted by Crippen LogP contribution is -2.40. The van der Waals surface area contributed by atoms with Gasteiger partial charge in [0, 0.05) is 0 Å². The van der Waals surface area contributed by atoms with Crippen LogP contribution >= 0.6 is 0 Å². The number of nitriles is 2. The van der Waals surface area contributed by atoms with Crippen molar-refractivity contribution < 1.29 is 9.53 Å². The van der Waals surface area contributed by atoms with E-state index in [0.29, 0.717) is 5.75 Å². The lowest BCUT2D eigenvalue weighted by molar-refractivity contribution is -0.136. The SMILES string of the molecule is CC(Oc1ccccc1)C(=O)N(CC#N)CC#N. The van der Waals surface area contributed by atoms with Gasteiger partial charge >= 0.3 is 0 Å². The third-order valence-electron chi connectivity index (χ3n) is 2.24. The second kappa shape index (κ2) is 6.93. The molecule has 0 aromatic heterocycles. The molecule has 0 aliphatic heterocycles. The van der Waals surface area contributed by atoms with Gasteiger partial charge in [0.2, 0.25) is 0 Å². The second-order valence-corrected chi connectivity index (χ2v) is 3.58. The molecule has 0 heterocycles. The molecule has 0 saturated carbocycles. The maximum Gasteiger partial charge on any atom is 0.265 e. The van der Waals surface area contributed by atoms with Crippen molar-refractivity contribution in [3.63, 3.8) is 0 Å². The van der Waals surface area contributed by atoms with Crippen LogP contribution < -0.4 is 4.74 Å². The third kappa shape index (κ3) is 3.80. The molecule has 18 heavy (non-hydrogen) atoms. The van der Waals surface area contributed by atoms with Gasteiger partial charge in [0.05, 0.1) is 12.1 Å². The fraction of sp³-hybridized carbons (Fsp3) is 0.308. The van der Waals surface area contributed by atoms with Crippen molar-refractivity contribution >= 4 is 5.91 Å². The van der Waals surface area contributed by atoms with E-state index in [1.54, 1.807) is 31.2 Å². The summed E-state index contributed by atoms with van der Waals surface area (Å²) in [4.78, 5) is 13.1. The van der Waals surface area contributed by atoms with Crippen LogP contribution in [0.15, 0.2) is 30.3 Å². The molecule has 0 N–H and O–H groups in total. The number of hydrogen-bond donors (Lipinski definition) is 0. The van der Waals surface area contributed by atoms with Crippen LogP contribution in [0.25, 0.3) is 0 Å². The van der Waals surface area contributed by atoms with E-state index in [1.165, 1.54) is 0 Å². The molecule has 0 radical (unpaired) electrons. The number of ether oxygens (including phenoxy) is 1. The van der Waals surface area contributed by atoms with Gasteiger partial charge in [-0.15, -0.1) is 0 Å². The first kappa shape index (κ1) is 13.5. The second-order valence-electron chi connectivity index (χ2n) is 3.58. The average molecular weight is 243 g/mol.